The number of halogens is 1. The minimum absolute atomic E-state index is 0.321. The van der Waals surface area contributed by atoms with Gasteiger partial charge in [-0.2, -0.15) is 0 Å². The minimum atomic E-state index is -4.07. The van der Waals surface area contributed by atoms with E-state index in [4.69, 9.17) is 27.4 Å². The van der Waals surface area contributed by atoms with E-state index in [2.05, 4.69) is 4.74 Å². The number of imide groups is 1. The third-order valence-corrected chi connectivity index (χ3v) is 4.78. The zero-order valence-corrected chi connectivity index (χ0v) is 16.9. The van der Waals surface area contributed by atoms with E-state index in [1.54, 1.807) is 0 Å². The van der Waals surface area contributed by atoms with Crippen molar-refractivity contribution in [2.24, 2.45) is 0 Å². The Labute approximate surface area is 225 Å². The summed E-state index contributed by atoms with van der Waals surface area (Å²) in [6.45, 7) is -26.5. The van der Waals surface area contributed by atoms with Crippen molar-refractivity contribution in [3.8, 4) is 0 Å². The van der Waals surface area contributed by atoms with E-state index in [-0.39, 0.29) is 6.42 Å². The zero-order valence-electron chi connectivity index (χ0n) is 36.9. The lowest BCUT2D eigenvalue weighted by Gasteiger charge is -2.29. The molecule has 3 aliphatic heterocycles. The number of nitrogens with zero attached hydrogens (tertiary/aromatic N) is 2. The maximum absolute atomic E-state index is 16.3. The van der Waals surface area contributed by atoms with Crippen LogP contribution in [0.25, 0.3) is 0 Å². The number of benzene rings is 2. The van der Waals surface area contributed by atoms with Gasteiger partial charge in [0, 0.05) is 69.5 Å². The molecule has 9 heteroatoms. The summed E-state index contributed by atoms with van der Waals surface area (Å²) in [7, 11) is 0. The van der Waals surface area contributed by atoms with Gasteiger partial charge in [0.05, 0.1) is 32.3 Å². The van der Waals surface area contributed by atoms with Crippen LogP contribution in [-0.2, 0) is 33.8 Å². The first kappa shape index (κ1) is 9.05. The monoisotopic (exact) mass is 486 g/mol. The molecule has 0 radical (unpaired) electrons. The Morgan fingerprint density at radius 3 is 2.85 bits per heavy atom. The van der Waals surface area contributed by atoms with Crippen LogP contribution in [0.4, 0.5) is 10.1 Å². The molecule has 8 nitrogen and oxygen atoms in total. The fourth-order valence-electron chi connectivity index (χ4n) is 3.22. The van der Waals surface area contributed by atoms with Gasteiger partial charge in [-0.25, -0.2) is 4.39 Å². The molecule has 2 fully saturated rings. The highest BCUT2D eigenvalue weighted by molar-refractivity contribution is 6.06. The number of nitrogens with one attached hydrogen (secondary N) is 2. The zero-order chi connectivity index (χ0) is 41.4. The van der Waals surface area contributed by atoms with Crippen LogP contribution in [0.2, 0.25) is 0 Å². The van der Waals surface area contributed by atoms with Crippen molar-refractivity contribution < 1.29 is 50.9 Å². The highest BCUT2D eigenvalue weighted by Crippen LogP contribution is 2.32. The Bertz CT molecular complexity index is 1970. The number of amides is 3. The molecule has 0 aromatic heterocycles. The predicted octanol–water partition coefficient (Wildman–Crippen LogP) is 2.03. The van der Waals surface area contributed by atoms with E-state index in [1.165, 1.54) is 0 Å². The number of hydrogen-bond acceptors (Lipinski definition) is 6. The number of hydrogen-bond donors (Lipinski definition) is 2. The topological polar surface area (TPSA) is 91.0 Å². The second kappa shape index (κ2) is 9.52. The maximum Gasteiger partial charge on any atom is 0.255 e. The molecule has 1 atom stereocenters. The van der Waals surface area contributed by atoms with Crippen molar-refractivity contribution in [1.29, 1.82) is 0 Å². The number of piperidine rings is 1. The van der Waals surface area contributed by atoms with Gasteiger partial charge in [0.15, 0.2) is 0 Å². The van der Waals surface area contributed by atoms with E-state index in [9.17, 15) is 14.4 Å². The van der Waals surface area contributed by atoms with Gasteiger partial charge in [0.2, 0.25) is 11.8 Å². The Morgan fingerprint density at radius 2 is 2.06 bits per heavy atom. The van der Waals surface area contributed by atoms with Crippen molar-refractivity contribution in [2.45, 2.75) is 38.4 Å². The van der Waals surface area contributed by atoms with Crippen molar-refractivity contribution >= 4 is 23.4 Å². The molecule has 2 aromatic carbocycles. The summed E-state index contributed by atoms with van der Waals surface area (Å²) >= 11 is 0. The van der Waals surface area contributed by atoms with E-state index in [0.717, 1.165) is 0 Å². The number of carbonyl (C=O) groups excluding carboxylic acids is 3. The van der Waals surface area contributed by atoms with E-state index in [0.29, 0.717) is 4.90 Å². The molecule has 2 N–H and O–H groups in total. The molecule has 178 valence electrons. The Hall–Kier alpha value is -3.30. The van der Waals surface area contributed by atoms with Gasteiger partial charge >= 0.3 is 0 Å². The van der Waals surface area contributed by atoms with Gasteiger partial charge < -0.3 is 15.0 Å². The first-order chi connectivity index (χ1) is 24.2. The SMILES string of the molecule is [2H]c1c([2H])c(NC([2H])([2H])c2c([2H])c([2H])c(C([2H])([2H])N3C([2H])([2H])C([2H])([2H])OC([2H])([2H])C3([2H])[2H])c([2H])c2F)c2c(c1[2H])C(=O)N(C1CCC(=O)NC1=O)C2([2H])[2H]. The van der Waals surface area contributed by atoms with Crippen molar-refractivity contribution in [3.05, 3.63) is 64.3 Å². The van der Waals surface area contributed by atoms with Crippen LogP contribution in [0.5, 0.6) is 0 Å². The summed E-state index contributed by atoms with van der Waals surface area (Å²) < 4.78 is 187. The average Bonchev–Trinajstić information content (AvgIpc) is 3.20. The normalized spacial score (nSPS) is 37.7. The lowest BCUT2D eigenvalue weighted by atomic mass is 10.0. The largest absolute Gasteiger partial charge is 0.381 e. The van der Waals surface area contributed by atoms with Crippen molar-refractivity contribution in [3.63, 3.8) is 0 Å². The van der Waals surface area contributed by atoms with Crippen LogP contribution in [0.15, 0.2) is 36.3 Å². The Kier molecular flexibility index (Phi) is 2.53. The molecule has 0 saturated carbocycles. The molecule has 3 heterocycles. The number of morpholine rings is 1. The van der Waals surface area contributed by atoms with Crippen LogP contribution in [0, 0.1) is 5.82 Å². The van der Waals surface area contributed by atoms with Gasteiger partial charge in [-0.1, -0.05) is 18.1 Å². The molecule has 34 heavy (non-hydrogen) atoms. The second-order valence-corrected chi connectivity index (χ2v) is 6.92. The number of anilines is 1. The van der Waals surface area contributed by atoms with E-state index in [1.807, 2.05) is 10.6 Å². The molecular weight excluding hydrogens is 439 g/mol. The first-order valence-electron chi connectivity index (χ1n) is 19.6. The van der Waals surface area contributed by atoms with Crippen molar-refractivity contribution in [2.75, 3.05) is 31.4 Å². The smallest absolute Gasteiger partial charge is 0.255 e. The third kappa shape index (κ3) is 4.53. The fourth-order valence-corrected chi connectivity index (χ4v) is 3.22. The summed E-state index contributed by atoms with van der Waals surface area (Å²) in [5.41, 5.74) is -6.28. The lowest BCUT2D eigenvalue weighted by molar-refractivity contribution is -0.136. The quantitative estimate of drug-likeness (QED) is 0.608. The van der Waals surface area contributed by atoms with Gasteiger partial charge in [-0.05, 0) is 30.1 Å². The minimum Gasteiger partial charge on any atom is -0.381 e. The summed E-state index contributed by atoms with van der Waals surface area (Å²) in [5, 5.41) is 3.83. The number of ether oxygens (including phenoxy) is 1. The molecule has 3 amide bonds. The van der Waals surface area contributed by atoms with Gasteiger partial charge in [0.1, 0.15) is 11.9 Å². The van der Waals surface area contributed by atoms with Gasteiger partial charge in [-0.15, -0.1) is 0 Å². The first-order valence-corrected chi connectivity index (χ1v) is 9.64. The second-order valence-electron chi connectivity index (χ2n) is 6.92. The molecule has 0 aliphatic carbocycles. The van der Waals surface area contributed by atoms with Crippen LogP contribution < -0.4 is 10.6 Å². The van der Waals surface area contributed by atoms with Gasteiger partial charge in [0.25, 0.3) is 5.91 Å². The molecule has 1 unspecified atom stereocenters. The summed E-state index contributed by atoms with van der Waals surface area (Å²) in [6, 6.07) is -9.99. The highest BCUT2D eigenvalue weighted by atomic mass is 19.1. The molecule has 2 saturated heterocycles. The maximum atomic E-state index is 16.3. The fraction of sp³-hybridized carbons (Fsp3) is 0.400. The van der Waals surface area contributed by atoms with Crippen molar-refractivity contribution in [1.82, 2.24) is 15.1 Å². The van der Waals surface area contributed by atoms with E-state index >= 15 is 4.39 Å². The lowest BCUT2D eigenvalue weighted by Crippen LogP contribution is -2.52. The van der Waals surface area contributed by atoms with Gasteiger partial charge in [-0.3, -0.25) is 24.6 Å². The molecule has 5 rings (SSSR count). The predicted molar refractivity (Wildman–Crippen MR) is 122 cm³/mol. The van der Waals surface area contributed by atoms with Crippen LogP contribution in [0.1, 0.15) is 67.3 Å². The molecular formula is C25H27FN4O4. The highest BCUT2D eigenvalue weighted by Gasteiger charge is 2.39. The molecule has 3 aliphatic rings. The van der Waals surface area contributed by atoms with E-state index < -0.39 is 151 Å². The molecule has 0 bridgehead atoms. The average molecular weight is 487 g/mol. The molecule has 0 spiro atoms. The Morgan fingerprint density at radius 1 is 1.24 bits per heavy atom. The summed E-state index contributed by atoms with van der Waals surface area (Å²) in [6.07, 6.45) is -0.733. The number of rotatable bonds is 6. The van der Waals surface area contributed by atoms with Crippen LogP contribution in [0.3, 0.4) is 0 Å². The number of fused-ring (bicyclic) bond motifs is 1. The summed E-state index contributed by atoms with van der Waals surface area (Å²) in [4.78, 5) is 37.6. The Balaban J connectivity index is 1.68. The molecule has 2 aromatic rings. The number of carbonyl (C=O) groups is 3. The van der Waals surface area contributed by atoms with Crippen LogP contribution >= 0.6 is 0 Å². The third-order valence-electron chi connectivity index (χ3n) is 4.78. The standard InChI is InChI=1S/C25H27FN4O4/c26-20-12-16(14-29-8-10-34-11-9-29)4-5-17(20)13-27-21-3-1-2-18-19(21)15-30(25(18)33)22-6-7-23(31)28-24(22)32/h1-5,12,22,27H,6-11,13-15H2,(H,28,31,32)/i1D,2D,3D,4D,5D,8D2,9D2,10D2,11D2,12D,13D2,14D2,15D2. The van der Waals surface area contributed by atoms with Crippen LogP contribution in [-0.4, -0.2) is 59.7 Å². The summed E-state index contributed by atoms with van der Waals surface area (Å²) in [5.74, 6) is -5.40.